The van der Waals surface area contributed by atoms with Gasteiger partial charge in [0, 0.05) is 19.6 Å². The molecule has 0 aliphatic carbocycles. The monoisotopic (exact) mass is 704 g/mol. The van der Waals surface area contributed by atoms with Gasteiger partial charge in [-0.15, -0.1) is 0 Å². The zero-order valence-corrected chi connectivity index (χ0v) is 31.7. The fraction of sp³-hybridized carbons (Fsp3) is 0.488. The standard InChI is InChI=1S/C41H56N2O8/c1-29(2)49-39(45)36(25-31-15-19-34(47-8)20-16-31)43(37(40(46)50-30(3)4)26-32-17-21-35(48-9)22-18-32)24-23-42(27-33-13-11-10-12-14-33)28-38(44)51-41(5,6)7/h10-22,29-30,36-37H,23-28H2,1-9H3. The van der Waals surface area contributed by atoms with Crippen LogP contribution in [0.5, 0.6) is 11.5 Å². The summed E-state index contributed by atoms with van der Waals surface area (Å²) in [5.41, 5.74) is 2.08. The summed E-state index contributed by atoms with van der Waals surface area (Å²) in [6.45, 7) is 13.7. The normalized spacial score (nSPS) is 12.9. The number of ether oxygens (including phenoxy) is 5. The Bertz CT molecular complexity index is 1430. The van der Waals surface area contributed by atoms with Crippen molar-refractivity contribution in [2.75, 3.05) is 33.9 Å². The summed E-state index contributed by atoms with van der Waals surface area (Å²) in [6, 6.07) is 23.1. The topological polar surface area (TPSA) is 104 Å². The predicted octanol–water partition coefficient (Wildman–Crippen LogP) is 6.28. The van der Waals surface area contributed by atoms with Crippen molar-refractivity contribution in [2.24, 2.45) is 0 Å². The molecular formula is C41H56N2O8. The van der Waals surface area contributed by atoms with E-state index in [1.165, 1.54) is 0 Å². The van der Waals surface area contributed by atoms with Crippen LogP contribution in [0.2, 0.25) is 0 Å². The molecule has 3 aromatic carbocycles. The zero-order valence-electron chi connectivity index (χ0n) is 31.7. The molecule has 0 N–H and O–H groups in total. The van der Waals surface area contributed by atoms with E-state index in [2.05, 4.69) is 0 Å². The lowest BCUT2D eigenvalue weighted by Gasteiger charge is -2.38. The third-order valence-electron chi connectivity index (χ3n) is 7.92. The Hall–Kier alpha value is -4.41. The highest BCUT2D eigenvalue weighted by Crippen LogP contribution is 2.23. The number of benzene rings is 3. The largest absolute Gasteiger partial charge is 0.497 e. The molecule has 51 heavy (non-hydrogen) atoms. The lowest BCUT2D eigenvalue weighted by Crippen LogP contribution is -2.56. The molecule has 10 nitrogen and oxygen atoms in total. The molecule has 3 aromatic rings. The molecule has 10 heteroatoms. The fourth-order valence-electron chi connectivity index (χ4n) is 5.66. The van der Waals surface area contributed by atoms with Crippen molar-refractivity contribution in [2.45, 2.75) is 97.7 Å². The molecule has 0 spiro atoms. The number of methoxy groups -OCH3 is 2. The Labute approximate surface area is 304 Å². The second kappa shape index (κ2) is 19.8. The highest BCUT2D eigenvalue weighted by molar-refractivity contribution is 5.80. The maximum absolute atomic E-state index is 14.1. The van der Waals surface area contributed by atoms with E-state index in [-0.39, 0.29) is 44.1 Å². The van der Waals surface area contributed by atoms with Gasteiger partial charge in [-0.3, -0.25) is 24.2 Å². The Morgan fingerprint density at radius 3 is 1.47 bits per heavy atom. The molecule has 0 heterocycles. The summed E-state index contributed by atoms with van der Waals surface area (Å²) in [6.07, 6.45) is -0.257. The van der Waals surface area contributed by atoms with E-state index in [1.54, 1.807) is 41.9 Å². The highest BCUT2D eigenvalue weighted by atomic mass is 16.6. The average Bonchev–Trinajstić information content (AvgIpc) is 3.06. The van der Waals surface area contributed by atoms with E-state index in [9.17, 15) is 14.4 Å². The van der Waals surface area contributed by atoms with Crippen molar-refractivity contribution in [1.82, 2.24) is 9.80 Å². The summed E-state index contributed by atoms with van der Waals surface area (Å²) < 4.78 is 28.2. The lowest BCUT2D eigenvalue weighted by atomic mass is 9.98. The Morgan fingerprint density at radius 2 is 1.08 bits per heavy atom. The maximum atomic E-state index is 14.1. The minimum atomic E-state index is -0.871. The molecular weight excluding hydrogens is 648 g/mol. The smallest absolute Gasteiger partial charge is 0.323 e. The average molecular weight is 705 g/mol. The second-order valence-electron chi connectivity index (χ2n) is 14.1. The molecule has 2 unspecified atom stereocenters. The molecule has 0 amide bonds. The zero-order chi connectivity index (χ0) is 37.6. The molecule has 278 valence electrons. The molecule has 0 aliphatic rings. The number of hydrogen-bond donors (Lipinski definition) is 0. The molecule has 0 bridgehead atoms. The van der Waals surface area contributed by atoms with Gasteiger partial charge in [-0.25, -0.2) is 0 Å². The Morgan fingerprint density at radius 1 is 0.627 bits per heavy atom. The Kier molecular flexibility index (Phi) is 16.0. The minimum Gasteiger partial charge on any atom is -0.497 e. The van der Waals surface area contributed by atoms with Crippen LogP contribution in [0.3, 0.4) is 0 Å². The first-order chi connectivity index (χ1) is 24.2. The number of carbonyl (C=O) groups excluding carboxylic acids is 3. The molecule has 0 aromatic heterocycles. The first-order valence-electron chi connectivity index (χ1n) is 17.6. The lowest BCUT2D eigenvalue weighted by molar-refractivity contribution is -0.163. The van der Waals surface area contributed by atoms with E-state index < -0.39 is 29.6 Å². The van der Waals surface area contributed by atoms with Gasteiger partial charge >= 0.3 is 17.9 Å². The predicted molar refractivity (Wildman–Crippen MR) is 198 cm³/mol. The van der Waals surface area contributed by atoms with Crippen molar-refractivity contribution >= 4 is 17.9 Å². The third kappa shape index (κ3) is 14.4. The Balaban J connectivity index is 2.12. The quantitative estimate of drug-likeness (QED) is 0.105. The summed E-state index contributed by atoms with van der Waals surface area (Å²) in [5, 5.41) is 0. The van der Waals surface area contributed by atoms with Crippen LogP contribution in [0.1, 0.15) is 65.2 Å². The second-order valence-corrected chi connectivity index (χ2v) is 14.1. The number of rotatable bonds is 19. The molecule has 0 saturated heterocycles. The van der Waals surface area contributed by atoms with Crippen LogP contribution in [-0.2, 0) is 48.0 Å². The minimum absolute atomic E-state index is 0.0131. The van der Waals surface area contributed by atoms with Gasteiger partial charge in [-0.2, -0.15) is 0 Å². The highest BCUT2D eigenvalue weighted by Gasteiger charge is 2.38. The fourth-order valence-corrected chi connectivity index (χ4v) is 5.66. The van der Waals surface area contributed by atoms with Crippen LogP contribution in [0.15, 0.2) is 78.9 Å². The van der Waals surface area contributed by atoms with E-state index in [0.717, 1.165) is 16.7 Å². The van der Waals surface area contributed by atoms with Gasteiger partial charge in [-0.1, -0.05) is 54.6 Å². The van der Waals surface area contributed by atoms with Crippen LogP contribution in [0.25, 0.3) is 0 Å². The summed E-state index contributed by atoms with van der Waals surface area (Å²) in [7, 11) is 3.20. The van der Waals surface area contributed by atoms with Crippen molar-refractivity contribution in [3.8, 4) is 11.5 Å². The molecule has 0 fully saturated rings. The van der Waals surface area contributed by atoms with Crippen molar-refractivity contribution in [1.29, 1.82) is 0 Å². The van der Waals surface area contributed by atoms with Gasteiger partial charge < -0.3 is 23.7 Å². The summed E-state index contributed by atoms with van der Waals surface area (Å²) in [4.78, 5) is 45.3. The van der Waals surface area contributed by atoms with Gasteiger partial charge in [0.2, 0.25) is 0 Å². The van der Waals surface area contributed by atoms with Crippen LogP contribution >= 0.6 is 0 Å². The number of esters is 3. The van der Waals surface area contributed by atoms with E-state index in [0.29, 0.717) is 24.6 Å². The van der Waals surface area contributed by atoms with Crippen LogP contribution in [0.4, 0.5) is 0 Å². The van der Waals surface area contributed by atoms with Gasteiger partial charge in [0.25, 0.3) is 0 Å². The SMILES string of the molecule is COc1ccc(CC(C(=O)OC(C)C)N(CCN(CC(=O)OC(C)(C)C)Cc2ccccc2)C(Cc2ccc(OC)cc2)C(=O)OC(C)C)cc1. The number of hydrogen-bond acceptors (Lipinski definition) is 10. The molecule has 0 aliphatic heterocycles. The first-order valence-corrected chi connectivity index (χ1v) is 17.6. The summed E-state index contributed by atoms with van der Waals surface area (Å²) in [5.74, 6) is 0.0919. The van der Waals surface area contributed by atoms with Crippen molar-refractivity contribution in [3.63, 3.8) is 0 Å². The third-order valence-corrected chi connectivity index (χ3v) is 7.92. The van der Waals surface area contributed by atoms with Crippen molar-refractivity contribution in [3.05, 3.63) is 95.6 Å². The molecule has 0 saturated carbocycles. The van der Waals surface area contributed by atoms with Gasteiger partial charge in [0.05, 0.1) is 33.0 Å². The van der Waals surface area contributed by atoms with Crippen LogP contribution in [-0.4, -0.2) is 91.5 Å². The van der Waals surface area contributed by atoms with E-state index in [1.807, 2.05) is 109 Å². The maximum Gasteiger partial charge on any atom is 0.323 e. The van der Waals surface area contributed by atoms with Crippen LogP contribution in [0, 0.1) is 0 Å². The van der Waals surface area contributed by atoms with Gasteiger partial charge in [-0.05, 0) is 102 Å². The van der Waals surface area contributed by atoms with Crippen molar-refractivity contribution < 1.29 is 38.1 Å². The van der Waals surface area contributed by atoms with Crippen LogP contribution < -0.4 is 9.47 Å². The van der Waals surface area contributed by atoms with Gasteiger partial charge in [0.1, 0.15) is 29.2 Å². The van der Waals surface area contributed by atoms with Gasteiger partial charge in [0.15, 0.2) is 0 Å². The number of nitrogens with zero attached hydrogens (tertiary/aromatic N) is 2. The van der Waals surface area contributed by atoms with E-state index in [4.69, 9.17) is 23.7 Å². The molecule has 2 atom stereocenters. The summed E-state index contributed by atoms with van der Waals surface area (Å²) >= 11 is 0. The molecule has 0 radical (unpaired) electrons. The molecule has 3 rings (SSSR count). The first kappa shape index (κ1) is 41.0. The number of carbonyl (C=O) groups is 3. The van der Waals surface area contributed by atoms with E-state index >= 15 is 0 Å².